The van der Waals surface area contributed by atoms with E-state index < -0.39 is 0 Å². The molecule has 5 fully saturated rings. The number of rotatable bonds is 5. The molecule has 6 unspecified atom stereocenters. The number of carbonyl (C=O) groups excluding carboxylic acids is 1. The highest BCUT2D eigenvalue weighted by Crippen LogP contribution is 2.90. The van der Waals surface area contributed by atoms with E-state index >= 15 is 0 Å². The fourth-order valence-electron chi connectivity index (χ4n) is 11.1. The molecule has 2 bridgehead atoms. The Morgan fingerprint density at radius 3 is 2.80 bits per heavy atom. The first-order valence-electron chi connectivity index (χ1n) is 13.7. The minimum absolute atomic E-state index is 0.127. The number of fused-ring (bicyclic) bond motifs is 1. The van der Waals surface area contributed by atoms with Crippen molar-refractivity contribution in [3.8, 4) is 5.75 Å². The predicted octanol–water partition coefficient (Wildman–Crippen LogP) is 3.55. The molecule has 182 valence electrons. The molecule has 8 rings (SSSR count). The van der Waals surface area contributed by atoms with Crippen LogP contribution in [-0.2, 0) is 11.8 Å². The van der Waals surface area contributed by atoms with E-state index in [0.29, 0.717) is 35.1 Å². The molecule has 6 aliphatic rings. The zero-order chi connectivity index (χ0) is 23.6. The van der Waals surface area contributed by atoms with Crippen LogP contribution in [0.4, 0.5) is 0 Å². The molecular weight excluding hydrogens is 434 g/mol. The normalized spacial score (nSPS) is 41.5. The van der Waals surface area contributed by atoms with E-state index in [0.717, 1.165) is 37.9 Å². The first-order valence-corrected chi connectivity index (χ1v) is 13.7. The van der Waals surface area contributed by atoms with Crippen molar-refractivity contribution in [2.24, 2.45) is 28.4 Å². The first kappa shape index (κ1) is 20.8. The summed E-state index contributed by atoms with van der Waals surface area (Å²) in [5, 5.41) is 10.6. The van der Waals surface area contributed by atoms with Crippen molar-refractivity contribution in [3.05, 3.63) is 65.2 Å². The molecule has 4 aliphatic carbocycles. The van der Waals surface area contributed by atoms with Crippen molar-refractivity contribution in [3.63, 3.8) is 0 Å². The van der Waals surface area contributed by atoms with Gasteiger partial charge in [-0.15, -0.1) is 0 Å². The summed E-state index contributed by atoms with van der Waals surface area (Å²) >= 11 is 0. The number of aromatic hydroxyl groups is 1. The van der Waals surface area contributed by atoms with Crippen LogP contribution in [0, 0.1) is 22.7 Å². The molecule has 2 aromatic carbocycles. The third-order valence-electron chi connectivity index (χ3n) is 11.4. The number of likely N-dealkylation sites (tertiary alicyclic amines) is 2. The van der Waals surface area contributed by atoms with Crippen molar-refractivity contribution in [1.29, 1.82) is 0 Å². The quantitative estimate of drug-likeness (QED) is 0.657. The Labute approximate surface area is 207 Å². The number of amides is 1. The number of carbonyl (C=O) groups is 1. The Balaban J connectivity index is 1.23. The fourth-order valence-corrected chi connectivity index (χ4v) is 11.1. The summed E-state index contributed by atoms with van der Waals surface area (Å²) in [6, 6.07) is 17.1. The van der Waals surface area contributed by atoms with Gasteiger partial charge in [0, 0.05) is 41.6 Å². The number of benzene rings is 2. The number of hydrogen-bond donors (Lipinski definition) is 2. The molecule has 35 heavy (non-hydrogen) atoms. The van der Waals surface area contributed by atoms with E-state index in [1.807, 2.05) is 36.4 Å². The van der Waals surface area contributed by atoms with Crippen molar-refractivity contribution in [2.45, 2.75) is 56.0 Å². The summed E-state index contributed by atoms with van der Waals surface area (Å²) in [5.41, 5.74) is 10.3. The predicted molar refractivity (Wildman–Crippen MR) is 134 cm³/mol. The van der Waals surface area contributed by atoms with Crippen molar-refractivity contribution in [1.82, 2.24) is 9.80 Å². The lowest BCUT2D eigenvalue weighted by Crippen LogP contribution is -2.91. The zero-order valence-corrected chi connectivity index (χ0v) is 20.3. The minimum Gasteiger partial charge on any atom is -0.508 e. The maximum Gasteiger partial charge on any atom is 0.254 e. The Hall–Kier alpha value is -2.37. The fraction of sp³-hybridized carbons (Fsp3) is 0.567. The van der Waals surface area contributed by atoms with Gasteiger partial charge in [-0.2, -0.15) is 0 Å². The summed E-state index contributed by atoms with van der Waals surface area (Å²) in [4.78, 5) is 18.7. The van der Waals surface area contributed by atoms with E-state index in [1.54, 1.807) is 0 Å². The maximum atomic E-state index is 13.7. The van der Waals surface area contributed by atoms with Crippen LogP contribution in [0.25, 0.3) is 0 Å². The highest BCUT2D eigenvalue weighted by Gasteiger charge is 2.93. The van der Waals surface area contributed by atoms with Gasteiger partial charge < -0.3 is 15.7 Å². The number of nitrogens with zero attached hydrogens (tertiary/aromatic N) is 2. The average Bonchev–Trinajstić information content (AvgIpc) is 3.37. The Bertz CT molecular complexity index is 1230. The number of hydrogen-bond acceptors (Lipinski definition) is 4. The molecule has 2 aliphatic heterocycles. The molecule has 5 nitrogen and oxygen atoms in total. The summed E-state index contributed by atoms with van der Waals surface area (Å²) in [5.74, 6) is 1.71. The second-order valence-electron chi connectivity index (χ2n) is 12.4. The van der Waals surface area contributed by atoms with Gasteiger partial charge >= 0.3 is 0 Å². The van der Waals surface area contributed by atoms with Gasteiger partial charge in [0.05, 0.1) is 0 Å². The average molecular weight is 470 g/mol. The summed E-state index contributed by atoms with van der Waals surface area (Å²) < 4.78 is 0. The summed E-state index contributed by atoms with van der Waals surface area (Å²) in [6.45, 7) is 4.01. The van der Waals surface area contributed by atoms with Gasteiger partial charge in [0.25, 0.3) is 5.91 Å². The lowest BCUT2D eigenvalue weighted by Gasteiger charge is -2.84. The van der Waals surface area contributed by atoms with Gasteiger partial charge in [0.2, 0.25) is 0 Å². The zero-order valence-electron chi connectivity index (χ0n) is 20.3. The van der Waals surface area contributed by atoms with Crippen LogP contribution in [0.2, 0.25) is 0 Å². The van der Waals surface area contributed by atoms with Crippen LogP contribution in [0.3, 0.4) is 0 Å². The molecule has 2 spiro atoms. The lowest BCUT2D eigenvalue weighted by molar-refractivity contribution is -0.322. The maximum absolute atomic E-state index is 13.7. The molecule has 3 saturated carbocycles. The molecule has 5 heteroatoms. The number of nitrogens with two attached hydrogens (primary N) is 1. The molecule has 2 saturated heterocycles. The van der Waals surface area contributed by atoms with Gasteiger partial charge in [-0.1, -0.05) is 24.3 Å². The number of unbranched alkanes of at least 4 members (excludes halogenated alkanes) is 1. The van der Waals surface area contributed by atoms with Crippen LogP contribution in [0.15, 0.2) is 48.5 Å². The number of piperidine rings is 1. The van der Waals surface area contributed by atoms with Crippen molar-refractivity contribution < 1.29 is 9.90 Å². The highest BCUT2D eigenvalue weighted by atomic mass is 16.3. The second-order valence-corrected chi connectivity index (χ2v) is 12.4. The molecule has 2 heterocycles. The standard InChI is InChI=1S/C30H35N3O2/c31-12-4-5-13-32-18-29-15-20-8-9-22(34)14-23(20)30(29)25-21-16-28(30,27(29)32)11-10-24(25)33(17-21)26(35)19-6-2-1-3-7-19/h1-3,6-9,14,21,24-25,27,34H,4-5,10-13,15-18,31H2/t21-,24?,25?,27?,28?,29?,30?/m1/s1. The molecule has 7 atom stereocenters. The van der Waals surface area contributed by atoms with Crippen LogP contribution < -0.4 is 5.73 Å². The van der Waals surface area contributed by atoms with Gasteiger partial charge in [0.15, 0.2) is 0 Å². The van der Waals surface area contributed by atoms with Crippen LogP contribution in [0.1, 0.15) is 53.6 Å². The second kappa shape index (κ2) is 6.68. The van der Waals surface area contributed by atoms with Crippen molar-refractivity contribution >= 4 is 5.91 Å². The highest BCUT2D eigenvalue weighted by molar-refractivity contribution is 5.94. The largest absolute Gasteiger partial charge is 0.508 e. The van der Waals surface area contributed by atoms with E-state index in [-0.39, 0.29) is 16.7 Å². The molecule has 0 aromatic heterocycles. The lowest BCUT2D eigenvalue weighted by atomic mass is 9.27. The topological polar surface area (TPSA) is 69.8 Å². The minimum atomic E-state index is 0.127. The number of phenolic OH excluding ortho intramolecular Hbond substituents is 1. The SMILES string of the molecule is NCCCCN1CC23Cc4ccc(O)cc4C24C2C5CCC4(C[C@@H]2CN5C(=O)c2ccccc2)C13. The third-order valence-corrected chi connectivity index (χ3v) is 11.4. The van der Waals surface area contributed by atoms with Gasteiger partial charge in [-0.25, -0.2) is 0 Å². The Morgan fingerprint density at radius 2 is 1.97 bits per heavy atom. The van der Waals surface area contributed by atoms with Crippen LogP contribution in [0.5, 0.6) is 5.75 Å². The Kier molecular flexibility index (Phi) is 3.97. The number of phenols is 1. The molecule has 3 N–H and O–H groups in total. The summed E-state index contributed by atoms with van der Waals surface area (Å²) in [7, 11) is 0. The van der Waals surface area contributed by atoms with E-state index in [9.17, 15) is 9.90 Å². The van der Waals surface area contributed by atoms with E-state index in [2.05, 4.69) is 21.9 Å². The van der Waals surface area contributed by atoms with Crippen LogP contribution >= 0.6 is 0 Å². The van der Waals surface area contributed by atoms with Gasteiger partial charge in [-0.3, -0.25) is 9.69 Å². The third kappa shape index (κ3) is 2.11. The van der Waals surface area contributed by atoms with Crippen LogP contribution in [-0.4, -0.2) is 59.1 Å². The first-order chi connectivity index (χ1) is 17.1. The van der Waals surface area contributed by atoms with Crippen molar-refractivity contribution in [2.75, 3.05) is 26.2 Å². The van der Waals surface area contributed by atoms with E-state index in [4.69, 9.17) is 5.73 Å². The molecule has 2 aromatic rings. The molecule has 0 radical (unpaired) electrons. The van der Waals surface area contributed by atoms with E-state index in [1.165, 1.54) is 43.5 Å². The molecule has 1 amide bonds. The summed E-state index contributed by atoms with van der Waals surface area (Å²) in [6.07, 6.45) is 7.00. The monoisotopic (exact) mass is 469 g/mol. The smallest absolute Gasteiger partial charge is 0.254 e. The van der Waals surface area contributed by atoms with Gasteiger partial charge in [-0.05, 0) is 104 Å². The Morgan fingerprint density at radius 1 is 1.11 bits per heavy atom. The van der Waals surface area contributed by atoms with Gasteiger partial charge in [0.1, 0.15) is 5.75 Å². The molecular formula is C30H35N3O2.